The van der Waals surface area contributed by atoms with E-state index in [0.29, 0.717) is 0 Å². The van der Waals surface area contributed by atoms with E-state index in [4.69, 9.17) is 0 Å². The molecule has 1 heterocycles. The Bertz CT molecular complexity index is 286. The zero-order valence-electron chi connectivity index (χ0n) is 8.21. The van der Waals surface area contributed by atoms with Gasteiger partial charge in [-0.25, -0.2) is 0 Å². The van der Waals surface area contributed by atoms with E-state index in [9.17, 15) is 4.79 Å². The Kier molecular flexibility index (Phi) is 3.71. The first-order valence-corrected chi connectivity index (χ1v) is 4.58. The molecular formula is C10H16N2O. The summed E-state index contributed by atoms with van der Waals surface area (Å²) in [5.41, 5.74) is 1.15. The molecule has 1 aromatic rings. The normalized spacial score (nSPS) is 10.7. The zero-order chi connectivity index (χ0) is 9.68. The number of nitrogens with zero attached hydrogens (tertiary/aromatic N) is 1. The van der Waals surface area contributed by atoms with Gasteiger partial charge in [-0.2, -0.15) is 0 Å². The first-order chi connectivity index (χ1) is 6.22. The summed E-state index contributed by atoms with van der Waals surface area (Å²) in [6, 6.07) is 3.45. The van der Waals surface area contributed by atoms with Gasteiger partial charge >= 0.3 is 0 Å². The maximum Gasteiger partial charge on any atom is 0.247 e. The quantitative estimate of drug-likeness (QED) is 0.746. The second-order valence-corrected chi connectivity index (χ2v) is 3.21. The molecular weight excluding hydrogens is 164 g/mol. The molecule has 3 heteroatoms. The van der Waals surface area contributed by atoms with Crippen LogP contribution in [-0.2, 0) is 6.42 Å². The van der Waals surface area contributed by atoms with Crippen molar-refractivity contribution in [1.82, 2.24) is 9.88 Å². The molecule has 0 aromatic carbocycles. The molecule has 3 nitrogen and oxygen atoms in total. The highest BCUT2D eigenvalue weighted by atomic mass is 16.1. The fourth-order valence-electron chi connectivity index (χ4n) is 1.08. The summed E-state index contributed by atoms with van der Waals surface area (Å²) >= 11 is 0. The van der Waals surface area contributed by atoms with Gasteiger partial charge in [-0.3, -0.25) is 4.79 Å². The smallest absolute Gasteiger partial charge is 0.247 e. The summed E-state index contributed by atoms with van der Waals surface area (Å²) < 4.78 is 0. The minimum atomic E-state index is -0.0346. The van der Waals surface area contributed by atoms with E-state index in [2.05, 4.69) is 23.9 Å². The molecule has 1 N–H and O–H groups in total. The van der Waals surface area contributed by atoms with Crippen molar-refractivity contribution in [1.29, 1.82) is 0 Å². The van der Waals surface area contributed by atoms with Crippen LogP contribution in [0, 0.1) is 0 Å². The summed E-state index contributed by atoms with van der Waals surface area (Å²) in [6.45, 7) is 4.22. The van der Waals surface area contributed by atoms with Crippen LogP contribution in [0.2, 0.25) is 0 Å². The van der Waals surface area contributed by atoms with Crippen LogP contribution >= 0.6 is 0 Å². The van der Waals surface area contributed by atoms with E-state index in [1.807, 2.05) is 6.07 Å². The topological polar surface area (TPSA) is 36.1 Å². The highest BCUT2D eigenvalue weighted by Crippen LogP contribution is 1.95. The number of aromatic nitrogens is 1. The van der Waals surface area contributed by atoms with Crippen molar-refractivity contribution in [2.75, 3.05) is 20.1 Å². The SMILES string of the molecule is CCN(C)CCc1ccc(=O)[nH]c1. The average Bonchev–Trinajstić information content (AvgIpc) is 2.16. The summed E-state index contributed by atoms with van der Waals surface area (Å²) in [5, 5.41) is 0. The van der Waals surface area contributed by atoms with E-state index in [0.717, 1.165) is 19.5 Å². The molecule has 0 aliphatic heterocycles. The van der Waals surface area contributed by atoms with Gasteiger partial charge in [0.2, 0.25) is 5.56 Å². The first kappa shape index (κ1) is 9.99. The minimum Gasteiger partial charge on any atom is -0.329 e. The summed E-state index contributed by atoms with van der Waals surface area (Å²) in [5.74, 6) is 0. The molecule has 0 unspecified atom stereocenters. The van der Waals surface area contributed by atoms with E-state index in [1.54, 1.807) is 12.3 Å². The van der Waals surface area contributed by atoms with Crippen LogP contribution in [0.4, 0.5) is 0 Å². The third-order valence-corrected chi connectivity index (χ3v) is 2.17. The predicted octanol–water partition coefficient (Wildman–Crippen LogP) is 0.869. The van der Waals surface area contributed by atoms with Crippen molar-refractivity contribution in [3.05, 3.63) is 34.2 Å². The maximum atomic E-state index is 10.7. The fourth-order valence-corrected chi connectivity index (χ4v) is 1.08. The van der Waals surface area contributed by atoms with E-state index in [1.165, 1.54) is 5.56 Å². The fraction of sp³-hybridized carbons (Fsp3) is 0.500. The monoisotopic (exact) mass is 180 g/mol. The van der Waals surface area contributed by atoms with Crippen LogP contribution in [0.3, 0.4) is 0 Å². The third-order valence-electron chi connectivity index (χ3n) is 2.17. The van der Waals surface area contributed by atoms with Crippen molar-refractivity contribution in [3.63, 3.8) is 0 Å². The molecule has 0 fully saturated rings. The lowest BCUT2D eigenvalue weighted by Gasteiger charge is -2.12. The van der Waals surface area contributed by atoms with Crippen molar-refractivity contribution in [2.24, 2.45) is 0 Å². The van der Waals surface area contributed by atoms with Crippen LogP contribution in [0.15, 0.2) is 23.1 Å². The molecule has 72 valence electrons. The summed E-state index contributed by atoms with van der Waals surface area (Å²) in [6.07, 6.45) is 2.77. The molecule has 0 aliphatic rings. The van der Waals surface area contributed by atoms with Gasteiger partial charge < -0.3 is 9.88 Å². The second-order valence-electron chi connectivity index (χ2n) is 3.21. The summed E-state index contributed by atoms with van der Waals surface area (Å²) in [4.78, 5) is 15.7. The zero-order valence-corrected chi connectivity index (χ0v) is 8.21. The Hall–Kier alpha value is -1.09. The molecule has 0 bridgehead atoms. The Morgan fingerprint density at radius 1 is 1.46 bits per heavy atom. The van der Waals surface area contributed by atoms with E-state index in [-0.39, 0.29) is 5.56 Å². The van der Waals surface area contributed by atoms with Crippen LogP contribution in [-0.4, -0.2) is 30.0 Å². The van der Waals surface area contributed by atoms with Crippen molar-refractivity contribution >= 4 is 0 Å². The lowest BCUT2D eigenvalue weighted by molar-refractivity contribution is 0.357. The predicted molar refractivity (Wildman–Crippen MR) is 53.9 cm³/mol. The molecule has 13 heavy (non-hydrogen) atoms. The molecule has 0 aliphatic carbocycles. The molecule has 0 saturated heterocycles. The standard InChI is InChI=1S/C10H16N2O/c1-3-12(2)7-6-9-4-5-10(13)11-8-9/h4-5,8H,3,6-7H2,1-2H3,(H,11,13). The van der Waals surface area contributed by atoms with Crippen molar-refractivity contribution in [3.8, 4) is 0 Å². The van der Waals surface area contributed by atoms with Gasteiger partial charge in [0, 0.05) is 18.8 Å². The maximum absolute atomic E-state index is 10.7. The van der Waals surface area contributed by atoms with E-state index < -0.39 is 0 Å². The number of pyridine rings is 1. The largest absolute Gasteiger partial charge is 0.329 e. The van der Waals surface area contributed by atoms with Gasteiger partial charge in [0.05, 0.1) is 0 Å². The first-order valence-electron chi connectivity index (χ1n) is 4.58. The van der Waals surface area contributed by atoms with Crippen LogP contribution in [0.25, 0.3) is 0 Å². The van der Waals surface area contributed by atoms with Crippen molar-refractivity contribution in [2.45, 2.75) is 13.3 Å². The van der Waals surface area contributed by atoms with Gasteiger partial charge in [0.25, 0.3) is 0 Å². The number of hydrogen-bond donors (Lipinski definition) is 1. The van der Waals surface area contributed by atoms with Crippen LogP contribution in [0.1, 0.15) is 12.5 Å². The second kappa shape index (κ2) is 4.82. The van der Waals surface area contributed by atoms with Gasteiger partial charge in [0.1, 0.15) is 0 Å². The van der Waals surface area contributed by atoms with Crippen LogP contribution in [0.5, 0.6) is 0 Å². The Labute approximate surface area is 78.4 Å². The Morgan fingerprint density at radius 2 is 2.23 bits per heavy atom. The highest BCUT2D eigenvalue weighted by molar-refractivity contribution is 5.08. The Morgan fingerprint density at radius 3 is 2.77 bits per heavy atom. The number of nitrogens with one attached hydrogen (secondary N) is 1. The van der Waals surface area contributed by atoms with Gasteiger partial charge in [-0.05, 0) is 25.6 Å². The molecule has 0 amide bonds. The number of likely N-dealkylation sites (N-methyl/N-ethyl adjacent to an activating group) is 1. The lowest BCUT2D eigenvalue weighted by Crippen LogP contribution is -2.20. The molecule has 1 rings (SSSR count). The third kappa shape index (κ3) is 3.42. The molecule has 0 saturated carbocycles. The molecule has 1 aromatic heterocycles. The van der Waals surface area contributed by atoms with Gasteiger partial charge in [0.15, 0.2) is 0 Å². The lowest BCUT2D eigenvalue weighted by atomic mass is 10.2. The highest BCUT2D eigenvalue weighted by Gasteiger charge is 1.96. The molecule has 0 spiro atoms. The average molecular weight is 180 g/mol. The molecule has 0 radical (unpaired) electrons. The number of rotatable bonds is 4. The summed E-state index contributed by atoms with van der Waals surface area (Å²) in [7, 11) is 2.09. The Balaban J connectivity index is 2.46. The van der Waals surface area contributed by atoms with Crippen molar-refractivity contribution < 1.29 is 0 Å². The van der Waals surface area contributed by atoms with Gasteiger partial charge in [-0.15, -0.1) is 0 Å². The number of H-pyrrole nitrogens is 1. The number of aromatic amines is 1. The molecule has 0 atom stereocenters. The van der Waals surface area contributed by atoms with Gasteiger partial charge in [-0.1, -0.05) is 13.0 Å². The minimum absolute atomic E-state index is 0.0346. The van der Waals surface area contributed by atoms with Crippen LogP contribution < -0.4 is 5.56 Å². The number of hydrogen-bond acceptors (Lipinski definition) is 2. The van der Waals surface area contributed by atoms with E-state index >= 15 is 0 Å².